The van der Waals surface area contributed by atoms with Gasteiger partial charge in [-0.3, -0.25) is 0 Å². The molecule has 0 spiro atoms. The summed E-state index contributed by atoms with van der Waals surface area (Å²) in [4.78, 5) is 6.77. The minimum absolute atomic E-state index is 0.226. The molecule has 2 nitrogen and oxygen atoms in total. The average molecular weight is 269 g/mol. The molecule has 1 fully saturated rings. The molecule has 0 unspecified atom stereocenters. The first-order valence-electron chi connectivity index (χ1n) is 5.04. The van der Waals surface area contributed by atoms with Crippen molar-refractivity contribution in [2.24, 2.45) is 4.99 Å². The lowest BCUT2D eigenvalue weighted by atomic mass is 10.1. The molecule has 1 saturated heterocycles. The van der Waals surface area contributed by atoms with Crippen LogP contribution < -0.4 is 0 Å². The Hall–Kier alpha value is -0.900. The highest BCUT2D eigenvalue weighted by Crippen LogP contribution is 2.35. The van der Waals surface area contributed by atoms with E-state index in [2.05, 4.69) is 25.8 Å². The van der Waals surface area contributed by atoms with Crippen molar-refractivity contribution in [3.8, 4) is 0 Å². The molecule has 2 aliphatic heterocycles. The van der Waals surface area contributed by atoms with Crippen LogP contribution in [0.2, 0.25) is 0 Å². The Morgan fingerprint density at radius 1 is 1.40 bits per heavy atom. The molecule has 0 bridgehead atoms. The summed E-state index contributed by atoms with van der Waals surface area (Å²) in [6.07, 6.45) is 2.18. The number of amidine groups is 1. The lowest BCUT2D eigenvalue weighted by Gasteiger charge is -2.25. The lowest BCUT2D eigenvalue weighted by molar-refractivity contribution is 0.441. The molecule has 4 heteroatoms. The summed E-state index contributed by atoms with van der Waals surface area (Å²) in [6.45, 7) is 1.93. The molecule has 0 atom stereocenters. The van der Waals surface area contributed by atoms with Crippen molar-refractivity contribution >= 4 is 27.5 Å². The Morgan fingerprint density at radius 2 is 2.27 bits per heavy atom. The van der Waals surface area contributed by atoms with E-state index in [1.54, 1.807) is 0 Å². The van der Waals surface area contributed by atoms with Crippen molar-refractivity contribution in [3.05, 3.63) is 28.0 Å². The fourth-order valence-electron chi connectivity index (χ4n) is 2.19. The van der Waals surface area contributed by atoms with Gasteiger partial charge in [0.05, 0.1) is 5.69 Å². The van der Waals surface area contributed by atoms with Crippen molar-refractivity contribution < 1.29 is 4.39 Å². The van der Waals surface area contributed by atoms with Crippen LogP contribution in [0.3, 0.4) is 0 Å². The van der Waals surface area contributed by atoms with Gasteiger partial charge in [-0.15, -0.1) is 0 Å². The highest BCUT2D eigenvalue weighted by Gasteiger charge is 2.25. The Labute approximate surface area is 95.9 Å². The number of rotatable bonds is 0. The van der Waals surface area contributed by atoms with Gasteiger partial charge in [0.15, 0.2) is 0 Å². The summed E-state index contributed by atoms with van der Waals surface area (Å²) in [5, 5.41) is 0. The van der Waals surface area contributed by atoms with Gasteiger partial charge in [0.25, 0.3) is 0 Å². The molecule has 0 saturated carbocycles. The zero-order valence-electron chi connectivity index (χ0n) is 8.13. The van der Waals surface area contributed by atoms with Crippen molar-refractivity contribution in [2.75, 3.05) is 6.54 Å². The maximum absolute atomic E-state index is 13.2. The SMILES string of the molecule is Fc1cc(Br)c2c(c1)N=C1CCCN1C2. The number of aliphatic imine (C=N–C) groups is 1. The van der Waals surface area contributed by atoms with E-state index in [0.717, 1.165) is 47.5 Å². The fraction of sp³-hybridized carbons (Fsp3) is 0.364. The first-order chi connectivity index (χ1) is 7.24. The van der Waals surface area contributed by atoms with E-state index in [1.807, 2.05) is 0 Å². The van der Waals surface area contributed by atoms with Gasteiger partial charge in [-0.2, -0.15) is 0 Å². The van der Waals surface area contributed by atoms with E-state index in [-0.39, 0.29) is 5.82 Å². The van der Waals surface area contributed by atoms with Crippen molar-refractivity contribution in [1.82, 2.24) is 4.90 Å². The summed E-state index contributed by atoms with van der Waals surface area (Å²) < 4.78 is 14.0. The van der Waals surface area contributed by atoms with Gasteiger partial charge in [-0.05, 0) is 18.6 Å². The molecule has 0 aliphatic carbocycles. The van der Waals surface area contributed by atoms with E-state index in [4.69, 9.17) is 0 Å². The van der Waals surface area contributed by atoms with E-state index in [0.29, 0.717) is 0 Å². The minimum atomic E-state index is -0.226. The summed E-state index contributed by atoms with van der Waals surface area (Å²) >= 11 is 3.39. The molecule has 0 aromatic heterocycles. The van der Waals surface area contributed by atoms with E-state index >= 15 is 0 Å². The zero-order chi connectivity index (χ0) is 10.4. The van der Waals surface area contributed by atoms with Gasteiger partial charge >= 0.3 is 0 Å². The van der Waals surface area contributed by atoms with E-state index in [1.165, 1.54) is 12.1 Å². The molecule has 0 amide bonds. The van der Waals surface area contributed by atoms with Gasteiger partial charge in [-0.1, -0.05) is 15.9 Å². The second-order valence-corrected chi connectivity index (χ2v) is 4.79. The van der Waals surface area contributed by atoms with E-state index in [9.17, 15) is 4.39 Å². The van der Waals surface area contributed by atoms with Crippen LogP contribution in [0, 0.1) is 5.82 Å². The minimum Gasteiger partial charge on any atom is -0.356 e. The first kappa shape index (κ1) is 9.33. The predicted molar refractivity (Wildman–Crippen MR) is 60.8 cm³/mol. The smallest absolute Gasteiger partial charge is 0.126 e. The third kappa shape index (κ3) is 1.47. The normalized spacial score (nSPS) is 18.5. The topological polar surface area (TPSA) is 15.6 Å². The quantitative estimate of drug-likeness (QED) is 0.706. The number of halogens is 2. The standard InChI is InChI=1S/C11H10BrFN2/c12-9-4-7(13)5-10-8(9)6-15-3-1-2-11(15)14-10/h4-5H,1-3,6H2. The Balaban J connectivity index is 2.15. The second-order valence-electron chi connectivity index (χ2n) is 3.94. The monoisotopic (exact) mass is 268 g/mol. The van der Waals surface area contributed by atoms with Crippen LogP contribution in [0.25, 0.3) is 0 Å². The van der Waals surface area contributed by atoms with Gasteiger partial charge < -0.3 is 4.90 Å². The average Bonchev–Trinajstić information content (AvgIpc) is 2.61. The van der Waals surface area contributed by atoms with Crippen molar-refractivity contribution in [3.63, 3.8) is 0 Å². The molecule has 2 heterocycles. The summed E-state index contributed by atoms with van der Waals surface area (Å²) in [5.74, 6) is 0.886. The van der Waals surface area contributed by atoms with Gasteiger partial charge in [0, 0.05) is 29.5 Å². The predicted octanol–water partition coefficient (Wildman–Crippen LogP) is 3.23. The molecule has 1 aromatic rings. The van der Waals surface area contributed by atoms with Crippen LogP contribution in [0.5, 0.6) is 0 Å². The molecular formula is C11H10BrFN2. The third-order valence-corrected chi connectivity index (χ3v) is 3.64. The zero-order valence-corrected chi connectivity index (χ0v) is 9.72. The number of benzene rings is 1. The summed E-state index contributed by atoms with van der Waals surface area (Å²) in [7, 11) is 0. The summed E-state index contributed by atoms with van der Waals surface area (Å²) in [5.41, 5.74) is 1.89. The Morgan fingerprint density at radius 3 is 3.13 bits per heavy atom. The fourth-order valence-corrected chi connectivity index (χ4v) is 2.74. The molecule has 78 valence electrons. The largest absolute Gasteiger partial charge is 0.356 e. The molecule has 1 aromatic carbocycles. The first-order valence-corrected chi connectivity index (χ1v) is 5.84. The molecule has 0 radical (unpaired) electrons. The van der Waals surface area contributed by atoms with Crippen LogP contribution in [0.1, 0.15) is 18.4 Å². The molecule has 2 aliphatic rings. The van der Waals surface area contributed by atoms with Gasteiger partial charge in [0.2, 0.25) is 0 Å². The molecule has 0 N–H and O–H groups in total. The van der Waals surface area contributed by atoms with Crippen molar-refractivity contribution in [2.45, 2.75) is 19.4 Å². The van der Waals surface area contributed by atoms with Crippen LogP contribution in [0.4, 0.5) is 10.1 Å². The Bertz CT molecular complexity index is 456. The number of fused-ring (bicyclic) bond motifs is 2. The Kier molecular flexibility index (Phi) is 2.06. The van der Waals surface area contributed by atoms with Crippen molar-refractivity contribution in [1.29, 1.82) is 0 Å². The van der Waals surface area contributed by atoms with Gasteiger partial charge in [-0.25, -0.2) is 9.38 Å². The van der Waals surface area contributed by atoms with Crippen LogP contribution >= 0.6 is 15.9 Å². The highest BCUT2D eigenvalue weighted by molar-refractivity contribution is 9.10. The summed E-state index contributed by atoms with van der Waals surface area (Å²) in [6, 6.07) is 3.03. The molecular weight excluding hydrogens is 259 g/mol. The van der Waals surface area contributed by atoms with Crippen LogP contribution in [0.15, 0.2) is 21.6 Å². The maximum atomic E-state index is 13.2. The molecule has 3 rings (SSSR count). The lowest BCUT2D eigenvalue weighted by Crippen LogP contribution is -2.27. The van der Waals surface area contributed by atoms with E-state index < -0.39 is 0 Å². The number of hydrogen-bond acceptors (Lipinski definition) is 2. The highest BCUT2D eigenvalue weighted by atomic mass is 79.9. The number of hydrogen-bond donors (Lipinski definition) is 0. The maximum Gasteiger partial charge on any atom is 0.126 e. The third-order valence-electron chi connectivity index (χ3n) is 2.93. The second kappa shape index (κ2) is 3.30. The number of nitrogens with zero attached hydrogens (tertiary/aromatic N) is 2. The van der Waals surface area contributed by atoms with Crippen LogP contribution in [-0.4, -0.2) is 17.3 Å². The van der Waals surface area contributed by atoms with Gasteiger partial charge in [0.1, 0.15) is 11.7 Å². The van der Waals surface area contributed by atoms with Crippen LogP contribution in [-0.2, 0) is 6.54 Å². The molecule has 15 heavy (non-hydrogen) atoms.